The Balaban J connectivity index is 1.83. The van der Waals surface area contributed by atoms with Gasteiger partial charge in [0.05, 0.1) is 19.3 Å². The minimum Gasteiger partial charge on any atom is -0.497 e. The fourth-order valence-electron chi connectivity index (χ4n) is 3.26. The summed E-state index contributed by atoms with van der Waals surface area (Å²) in [5, 5.41) is 3.36. The highest BCUT2D eigenvalue weighted by molar-refractivity contribution is 5.79. The number of piperidine rings is 1. The van der Waals surface area contributed by atoms with Crippen molar-refractivity contribution in [3.8, 4) is 5.75 Å². The zero-order chi connectivity index (χ0) is 14.7. The molecule has 1 spiro atoms. The fraction of sp³-hybridized carbons (Fsp3) is 0.562. The highest BCUT2D eigenvalue weighted by Crippen LogP contribution is 2.31. The van der Waals surface area contributed by atoms with Gasteiger partial charge in [-0.1, -0.05) is 12.1 Å². The van der Waals surface area contributed by atoms with Gasteiger partial charge >= 0.3 is 0 Å². The molecule has 21 heavy (non-hydrogen) atoms. The summed E-state index contributed by atoms with van der Waals surface area (Å²) in [5.41, 5.74) is 0.950. The second-order valence-corrected chi connectivity index (χ2v) is 5.80. The van der Waals surface area contributed by atoms with Crippen molar-refractivity contribution >= 4 is 5.91 Å². The van der Waals surface area contributed by atoms with Gasteiger partial charge in [0.15, 0.2) is 0 Å². The van der Waals surface area contributed by atoms with Crippen molar-refractivity contribution in [1.29, 1.82) is 0 Å². The monoisotopic (exact) mass is 290 g/mol. The van der Waals surface area contributed by atoms with Gasteiger partial charge in [-0.05, 0) is 43.6 Å². The first-order valence-electron chi connectivity index (χ1n) is 7.45. The second-order valence-electron chi connectivity index (χ2n) is 5.80. The summed E-state index contributed by atoms with van der Waals surface area (Å²) in [6, 6.07) is 7.93. The van der Waals surface area contributed by atoms with Crippen molar-refractivity contribution in [3.05, 3.63) is 29.8 Å². The summed E-state index contributed by atoms with van der Waals surface area (Å²) in [4.78, 5) is 14.4. The van der Waals surface area contributed by atoms with Crippen LogP contribution in [0, 0.1) is 0 Å². The molecule has 0 saturated carbocycles. The van der Waals surface area contributed by atoms with Crippen molar-refractivity contribution in [1.82, 2.24) is 10.2 Å². The van der Waals surface area contributed by atoms with E-state index < -0.39 is 0 Å². The summed E-state index contributed by atoms with van der Waals surface area (Å²) in [6.45, 7) is 3.33. The predicted octanol–water partition coefficient (Wildman–Crippen LogP) is 1.18. The first kappa shape index (κ1) is 14.4. The first-order valence-corrected chi connectivity index (χ1v) is 7.45. The van der Waals surface area contributed by atoms with Gasteiger partial charge in [0.1, 0.15) is 12.4 Å². The SMILES string of the molecule is COc1cccc(CN2C(=O)COCC23CCNCC3)c1. The molecule has 2 heterocycles. The van der Waals surface area contributed by atoms with Crippen LogP contribution in [0.25, 0.3) is 0 Å². The first-order chi connectivity index (χ1) is 10.2. The standard InChI is InChI=1S/C16H22N2O3/c1-20-14-4-2-3-13(9-14)10-18-15(19)11-21-12-16(18)5-7-17-8-6-16/h2-4,9,17H,5-8,10-12H2,1H3. The minimum absolute atomic E-state index is 0.0889. The smallest absolute Gasteiger partial charge is 0.249 e. The average molecular weight is 290 g/mol. The van der Waals surface area contributed by atoms with Gasteiger partial charge in [0, 0.05) is 6.54 Å². The van der Waals surface area contributed by atoms with Crippen LogP contribution in [0.15, 0.2) is 24.3 Å². The lowest BCUT2D eigenvalue weighted by Crippen LogP contribution is -2.62. The van der Waals surface area contributed by atoms with Gasteiger partial charge in [-0.3, -0.25) is 4.79 Å². The number of amides is 1. The van der Waals surface area contributed by atoms with Crippen molar-refractivity contribution in [2.75, 3.05) is 33.4 Å². The summed E-state index contributed by atoms with van der Waals surface area (Å²) < 4.78 is 10.8. The Morgan fingerprint density at radius 3 is 2.95 bits per heavy atom. The number of carbonyl (C=O) groups excluding carboxylic acids is 1. The maximum absolute atomic E-state index is 12.4. The lowest BCUT2D eigenvalue weighted by atomic mass is 9.85. The lowest BCUT2D eigenvalue weighted by molar-refractivity contribution is -0.162. The molecule has 1 aromatic carbocycles. The summed E-state index contributed by atoms with van der Waals surface area (Å²) in [5.74, 6) is 0.915. The van der Waals surface area contributed by atoms with Crippen molar-refractivity contribution in [2.24, 2.45) is 0 Å². The van der Waals surface area contributed by atoms with E-state index in [0.717, 1.165) is 37.2 Å². The van der Waals surface area contributed by atoms with Crippen LogP contribution < -0.4 is 10.1 Å². The topological polar surface area (TPSA) is 50.8 Å². The Hall–Kier alpha value is -1.59. The molecule has 0 bridgehead atoms. The van der Waals surface area contributed by atoms with Crippen molar-refractivity contribution < 1.29 is 14.3 Å². The number of hydrogen-bond acceptors (Lipinski definition) is 4. The van der Waals surface area contributed by atoms with Crippen LogP contribution in [-0.4, -0.2) is 49.8 Å². The van der Waals surface area contributed by atoms with Gasteiger partial charge in [-0.25, -0.2) is 0 Å². The van der Waals surface area contributed by atoms with Gasteiger partial charge in [0.2, 0.25) is 5.91 Å². The maximum Gasteiger partial charge on any atom is 0.249 e. The summed E-state index contributed by atoms with van der Waals surface area (Å²) in [6.07, 6.45) is 1.89. The zero-order valence-electron chi connectivity index (χ0n) is 12.4. The number of benzene rings is 1. The fourth-order valence-corrected chi connectivity index (χ4v) is 3.26. The van der Waals surface area contributed by atoms with Crippen LogP contribution in [0.2, 0.25) is 0 Å². The molecule has 1 N–H and O–H groups in total. The second kappa shape index (κ2) is 6.03. The number of morpholine rings is 1. The Labute approximate surface area is 125 Å². The van der Waals surface area contributed by atoms with E-state index >= 15 is 0 Å². The number of ether oxygens (including phenoxy) is 2. The molecule has 5 nitrogen and oxygen atoms in total. The molecule has 2 fully saturated rings. The zero-order valence-corrected chi connectivity index (χ0v) is 12.4. The molecular formula is C16H22N2O3. The average Bonchev–Trinajstić information content (AvgIpc) is 2.52. The molecular weight excluding hydrogens is 268 g/mol. The molecule has 2 saturated heterocycles. The highest BCUT2D eigenvalue weighted by atomic mass is 16.5. The normalized spacial score (nSPS) is 21.6. The number of hydrogen-bond donors (Lipinski definition) is 1. The molecule has 2 aliphatic rings. The Bertz CT molecular complexity index is 506. The van der Waals surface area contributed by atoms with Crippen molar-refractivity contribution in [3.63, 3.8) is 0 Å². The third kappa shape index (κ3) is 2.89. The van der Waals surface area contributed by atoms with Crippen molar-refractivity contribution in [2.45, 2.75) is 24.9 Å². The van der Waals surface area contributed by atoms with Gasteiger partial charge in [-0.2, -0.15) is 0 Å². The molecule has 3 rings (SSSR count). The number of methoxy groups -OCH3 is 1. The summed E-state index contributed by atoms with van der Waals surface area (Å²) in [7, 11) is 1.66. The van der Waals surface area contributed by atoms with Gasteiger partial charge < -0.3 is 19.7 Å². The van der Waals surface area contributed by atoms with Crippen LogP contribution in [0.1, 0.15) is 18.4 Å². The molecule has 0 atom stereocenters. The van der Waals surface area contributed by atoms with Crippen LogP contribution in [0.4, 0.5) is 0 Å². The number of nitrogens with zero attached hydrogens (tertiary/aromatic N) is 1. The van der Waals surface area contributed by atoms with Crippen LogP contribution in [0.3, 0.4) is 0 Å². The molecule has 2 aliphatic heterocycles. The minimum atomic E-state index is -0.149. The highest BCUT2D eigenvalue weighted by Gasteiger charge is 2.43. The van der Waals surface area contributed by atoms with E-state index in [2.05, 4.69) is 5.32 Å². The van der Waals surface area contributed by atoms with E-state index in [4.69, 9.17) is 9.47 Å². The third-order valence-electron chi connectivity index (χ3n) is 4.48. The molecule has 1 amide bonds. The summed E-state index contributed by atoms with van der Waals surface area (Å²) >= 11 is 0. The molecule has 0 unspecified atom stereocenters. The molecule has 0 aromatic heterocycles. The van der Waals surface area contributed by atoms with Gasteiger partial charge in [0.25, 0.3) is 0 Å². The number of nitrogens with one attached hydrogen (secondary N) is 1. The predicted molar refractivity (Wildman–Crippen MR) is 79.2 cm³/mol. The molecule has 1 aromatic rings. The molecule has 0 aliphatic carbocycles. The van der Waals surface area contributed by atoms with Gasteiger partial charge in [-0.15, -0.1) is 0 Å². The molecule has 114 valence electrons. The van der Waals surface area contributed by atoms with E-state index in [0.29, 0.717) is 13.2 Å². The molecule has 0 radical (unpaired) electrons. The van der Waals surface area contributed by atoms with Crippen LogP contribution in [0.5, 0.6) is 5.75 Å². The Morgan fingerprint density at radius 2 is 2.19 bits per heavy atom. The molecule has 5 heteroatoms. The Morgan fingerprint density at radius 1 is 1.38 bits per heavy atom. The quantitative estimate of drug-likeness (QED) is 0.908. The largest absolute Gasteiger partial charge is 0.497 e. The van der Waals surface area contributed by atoms with E-state index in [-0.39, 0.29) is 18.1 Å². The lowest BCUT2D eigenvalue weighted by Gasteiger charge is -2.49. The van der Waals surface area contributed by atoms with E-state index in [9.17, 15) is 4.79 Å². The van der Waals surface area contributed by atoms with Crippen LogP contribution in [-0.2, 0) is 16.1 Å². The Kier molecular flexibility index (Phi) is 4.12. The maximum atomic E-state index is 12.4. The van der Waals surface area contributed by atoms with E-state index in [1.54, 1.807) is 7.11 Å². The van der Waals surface area contributed by atoms with E-state index in [1.807, 2.05) is 29.2 Å². The third-order valence-corrected chi connectivity index (χ3v) is 4.48. The number of carbonyl (C=O) groups is 1. The van der Waals surface area contributed by atoms with E-state index in [1.165, 1.54) is 0 Å². The van der Waals surface area contributed by atoms with Crippen LogP contribution >= 0.6 is 0 Å². The number of rotatable bonds is 3.